The van der Waals surface area contributed by atoms with Gasteiger partial charge in [0, 0.05) is 12.5 Å². The molecule has 4 nitrogen and oxygen atoms in total. The summed E-state index contributed by atoms with van der Waals surface area (Å²) in [6.45, 7) is 14.2. The van der Waals surface area contributed by atoms with Crippen LogP contribution >= 0.6 is 0 Å². The number of carbonyl (C=O) groups is 1. The minimum absolute atomic E-state index is 0.221. The molecule has 4 heteroatoms. The fourth-order valence-corrected chi connectivity index (χ4v) is 4.27. The molecule has 32 heavy (non-hydrogen) atoms. The number of hydrogen-bond acceptors (Lipinski definition) is 4. The van der Waals surface area contributed by atoms with Crippen molar-refractivity contribution in [1.82, 2.24) is 0 Å². The molecule has 0 spiro atoms. The molecule has 0 aromatic heterocycles. The average Bonchev–Trinajstić information content (AvgIpc) is 2.72. The maximum atomic E-state index is 12.1. The maximum Gasteiger partial charge on any atom is 0.135 e. The zero-order valence-electron chi connectivity index (χ0n) is 21.6. The van der Waals surface area contributed by atoms with E-state index in [2.05, 4.69) is 50.9 Å². The average molecular weight is 444 g/mol. The molecule has 180 valence electrons. The van der Waals surface area contributed by atoms with Crippen molar-refractivity contribution in [3.8, 4) is 5.75 Å². The zero-order chi connectivity index (χ0) is 24.4. The molecular weight excluding hydrogens is 398 g/mol. The Hall–Kier alpha value is -1.94. The summed E-state index contributed by atoms with van der Waals surface area (Å²) in [6.07, 6.45) is 9.01. The highest BCUT2D eigenvalue weighted by atomic mass is 16.5. The van der Waals surface area contributed by atoms with Crippen molar-refractivity contribution in [1.29, 1.82) is 0 Å². The van der Waals surface area contributed by atoms with Crippen LogP contribution in [0.3, 0.4) is 0 Å². The maximum absolute atomic E-state index is 12.1. The number of nitrogens with zero attached hydrogens (tertiary/aromatic N) is 1. The molecule has 1 saturated carbocycles. The number of hydrogen-bond donors (Lipinski definition) is 1. The first kappa shape index (κ1) is 28.1. The Bertz CT molecular complexity index is 751. The minimum atomic E-state index is -0.868. The summed E-state index contributed by atoms with van der Waals surface area (Å²) in [4.78, 5) is 16.3. The van der Waals surface area contributed by atoms with Crippen LogP contribution in [-0.2, 0) is 4.79 Å². The lowest BCUT2D eigenvalue weighted by molar-refractivity contribution is -0.131. The second kappa shape index (κ2) is 12.9. The molecule has 0 heterocycles. The van der Waals surface area contributed by atoms with Crippen LogP contribution in [0.15, 0.2) is 41.4 Å². The van der Waals surface area contributed by atoms with Gasteiger partial charge in [0.2, 0.25) is 0 Å². The smallest absolute Gasteiger partial charge is 0.135 e. The normalized spacial score (nSPS) is 23.9. The first-order valence-corrected chi connectivity index (χ1v) is 12.1. The Balaban J connectivity index is 0.000000389. The van der Waals surface area contributed by atoms with E-state index in [-0.39, 0.29) is 17.3 Å². The van der Waals surface area contributed by atoms with Gasteiger partial charge < -0.3 is 9.84 Å². The van der Waals surface area contributed by atoms with E-state index in [1.807, 2.05) is 32.1 Å². The van der Waals surface area contributed by atoms with E-state index in [0.717, 1.165) is 37.1 Å². The van der Waals surface area contributed by atoms with Gasteiger partial charge in [-0.25, -0.2) is 0 Å². The summed E-state index contributed by atoms with van der Waals surface area (Å²) in [5.41, 5.74) is 0.931. The van der Waals surface area contributed by atoms with E-state index in [9.17, 15) is 9.90 Å². The van der Waals surface area contributed by atoms with E-state index >= 15 is 0 Å². The van der Waals surface area contributed by atoms with Crippen LogP contribution in [0.2, 0.25) is 0 Å². The van der Waals surface area contributed by atoms with E-state index in [0.29, 0.717) is 18.8 Å². The third-order valence-electron chi connectivity index (χ3n) is 6.26. The van der Waals surface area contributed by atoms with Gasteiger partial charge in [-0.1, -0.05) is 51.0 Å². The summed E-state index contributed by atoms with van der Waals surface area (Å²) in [6, 6.07) is 8.10. The van der Waals surface area contributed by atoms with Crippen molar-refractivity contribution in [3.05, 3.63) is 42.0 Å². The fraction of sp³-hybridized carbons (Fsp3) is 0.643. The topological polar surface area (TPSA) is 58.9 Å². The number of carbonyl (C=O) groups excluding carboxylic acids is 1. The number of aliphatic imine (C=N–C) groups is 1. The van der Waals surface area contributed by atoms with Crippen molar-refractivity contribution in [2.45, 2.75) is 98.7 Å². The monoisotopic (exact) mass is 443 g/mol. The Morgan fingerprint density at radius 2 is 1.69 bits per heavy atom. The highest BCUT2D eigenvalue weighted by molar-refractivity contribution is 6.01. The lowest BCUT2D eigenvalue weighted by atomic mass is 9.63. The third-order valence-corrected chi connectivity index (χ3v) is 6.26. The first-order chi connectivity index (χ1) is 15.0. The van der Waals surface area contributed by atoms with Gasteiger partial charge in [0.1, 0.15) is 17.1 Å². The van der Waals surface area contributed by atoms with Gasteiger partial charge in [0.25, 0.3) is 0 Å². The molecule has 0 unspecified atom stereocenters. The first-order valence-electron chi connectivity index (χ1n) is 12.1. The van der Waals surface area contributed by atoms with E-state index < -0.39 is 5.60 Å². The zero-order valence-corrected chi connectivity index (χ0v) is 21.6. The lowest BCUT2D eigenvalue weighted by Gasteiger charge is -2.43. The lowest BCUT2D eigenvalue weighted by Crippen LogP contribution is -2.46. The van der Waals surface area contributed by atoms with Crippen molar-refractivity contribution < 1.29 is 14.6 Å². The molecule has 0 aliphatic heterocycles. The summed E-state index contributed by atoms with van der Waals surface area (Å²) in [7, 11) is 1.73. The van der Waals surface area contributed by atoms with E-state index in [4.69, 9.17) is 4.74 Å². The Morgan fingerprint density at radius 3 is 2.09 bits per heavy atom. The van der Waals surface area contributed by atoms with Gasteiger partial charge in [-0.2, -0.15) is 0 Å². The van der Waals surface area contributed by atoms with Gasteiger partial charge in [-0.3, -0.25) is 9.79 Å². The highest BCUT2D eigenvalue weighted by Gasteiger charge is 2.45. The van der Waals surface area contributed by atoms with Crippen LogP contribution in [0.4, 0.5) is 0 Å². The summed E-state index contributed by atoms with van der Waals surface area (Å²) in [5, 5.41) is 10.9. The SMILES string of the molecule is CCCC1(C(C)=O)CCC(O)(C(/C=C\C(C)C)=NC)CC1.Cc1ccc(OC(C)C)cc1. The summed E-state index contributed by atoms with van der Waals surface area (Å²) >= 11 is 0. The van der Waals surface area contributed by atoms with Crippen LogP contribution in [-0.4, -0.2) is 35.4 Å². The van der Waals surface area contributed by atoms with E-state index in [1.165, 1.54) is 5.56 Å². The predicted octanol–water partition coefficient (Wildman–Crippen LogP) is 6.73. The van der Waals surface area contributed by atoms with Crippen molar-refractivity contribution >= 4 is 11.5 Å². The quantitative estimate of drug-likeness (QED) is 0.453. The number of benzene rings is 1. The van der Waals surface area contributed by atoms with Crippen LogP contribution < -0.4 is 4.74 Å². The van der Waals surface area contributed by atoms with Crippen molar-refractivity contribution in [2.24, 2.45) is 16.3 Å². The van der Waals surface area contributed by atoms with Crippen molar-refractivity contribution in [2.75, 3.05) is 7.05 Å². The number of ether oxygens (including phenoxy) is 1. The molecule has 0 amide bonds. The highest BCUT2D eigenvalue weighted by Crippen LogP contribution is 2.45. The second-order valence-electron chi connectivity index (χ2n) is 9.81. The number of aliphatic hydroxyl groups is 1. The summed E-state index contributed by atoms with van der Waals surface area (Å²) < 4.78 is 5.47. The van der Waals surface area contributed by atoms with Gasteiger partial charge in [-0.05, 0) is 83.9 Å². The molecule has 0 bridgehead atoms. The van der Waals surface area contributed by atoms with Crippen LogP contribution in [0.1, 0.15) is 85.6 Å². The predicted molar refractivity (Wildman–Crippen MR) is 136 cm³/mol. The molecule has 2 rings (SSSR count). The van der Waals surface area contributed by atoms with Crippen LogP contribution in [0.5, 0.6) is 5.75 Å². The van der Waals surface area contributed by atoms with Crippen LogP contribution in [0.25, 0.3) is 0 Å². The summed E-state index contributed by atoms with van der Waals surface area (Å²) in [5.74, 6) is 1.66. The van der Waals surface area contributed by atoms with Crippen LogP contribution in [0, 0.1) is 18.3 Å². The molecule has 1 aliphatic rings. The Morgan fingerprint density at radius 1 is 1.12 bits per heavy atom. The number of rotatable bonds is 8. The molecule has 1 aromatic carbocycles. The van der Waals surface area contributed by atoms with Gasteiger partial charge in [0.15, 0.2) is 0 Å². The van der Waals surface area contributed by atoms with E-state index in [1.54, 1.807) is 14.0 Å². The minimum Gasteiger partial charge on any atom is -0.491 e. The van der Waals surface area contributed by atoms with Gasteiger partial charge in [0.05, 0.1) is 11.8 Å². The number of aryl methyl sites for hydroxylation is 1. The number of allylic oxidation sites excluding steroid dienone is 1. The number of Topliss-reactive ketones (excluding diaryl/α,β-unsaturated/α-hetero) is 1. The molecule has 0 radical (unpaired) electrons. The van der Waals surface area contributed by atoms with Gasteiger partial charge in [-0.15, -0.1) is 0 Å². The Labute approximate surface area is 196 Å². The number of ketones is 1. The third kappa shape index (κ3) is 8.54. The standard InChI is InChI=1S/C18H31NO2.C10H14O/c1-6-9-17(15(4)20)10-12-18(21,13-11-17)16(19-5)8-7-14(2)3;1-8(2)11-10-6-4-9(3)5-7-10/h7-8,14,21H,6,9-13H2,1-5H3;4-8H,1-3H3/b8-7-,19-16?;. The largest absolute Gasteiger partial charge is 0.491 e. The molecule has 1 fully saturated rings. The second-order valence-corrected chi connectivity index (χ2v) is 9.81. The fourth-order valence-electron chi connectivity index (χ4n) is 4.27. The van der Waals surface area contributed by atoms with Gasteiger partial charge >= 0.3 is 0 Å². The molecule has 1 aromatic rings. The Kier molecular flexibility index (Phi) is 11.4. The molecule has 0 atom stereocenters. The molecule has 1 aliphatic carbocycles. The molecule has 0 saturated heterocycles. The molecular formula is C28H45NO3. The molecule has 1 N–H and O–H groups in total. The van der Waals surface area contributed by atoms with Crippen molar-refractivity contribution in [3.63, 3.8) is 0 Å².